The predicted octanol–water partition coefficient (Wildman–Crippen LogP) is 3.00. The fourth-order valence-electron chi connectivity index (χ4n) is 1.90. The molecular weight excluding hydrogens is 212 g/mol. The van der Waals surface area contributed by atoms with Crippen LogP contribution >= 0.6 is 0 Å². The molecule has 0 spiro atoms. The quantitative estimate of drug-likeness (QED) is 0.688. The van der Waals surface area contributed by atoms with Crippen LogP contribution in [0.4, 0.5) is 0 Å². The largest absolute Gasteiger partial charge is 0.506 e. The summed E-state index contributed by atoms with van der Waals surface area (Å²) in [5.74, 6) is 0.172. The number of pyridine rings is 2. The highest BCUT2D eigenvalue weighted by Gasteiger charge is 2.09. The molecule has 0 bridgehead atoms. The number of aromatic hydroxyl groups is 1. The van der Waals surface area contributed by atoms with Crippen LogP contribution in [0.25, 0.3) is 22.2 Å². The molecule has 1 aromatic carbocycles. The first kappa shape index (κ1) is 9.78. The van der Waals surface area contributed by atoms with Gasteiger partial charge in [-0.2, -0.15) is 0 Å². The number of nitrogens with zero attached hydrogens (tertiary/aromatic N) is 2. The fourth-order valence-corrected chi connectivity index (χ4v) is 1.90. The molecule has 1 N–H and O–H groups in total. The third-order valence-corrected chi connectivity index (χ3v) is 2.67. The number of rotatable bonds is 1. The Morgan fingerprint density at radius 3 is 2.47 bits per heavy atom. The first-order valence-electron chi connectivity index (χ1n) is 5.34. The van der Waals surface area contributed by atoms with E-state index in [2.05, 4.69) is 9.97 Å². The van der Waals surface area contributed by atoms with Gasteiger partial charge in [0.2, 0.25) is 0 Å². The number of para-hydroxylation sites is 1. The standard InChI is InChI=1S/C14H10N2O/c17-12-7-3-9-16-14(12)11-6-1-4-10-5-2-8-15-13(10)11/h1-9,17H. The van der Waals surface area contributed by atoms with Crippen LogP contribution in [0.5, 0.6) is 5.75 Å². The van der Waals surface area contributed by atoms with Crippen molar-refractivity contribution in [3.63, 3.8) is 0 Å². The molecule has 0 amide bonds. The van der Waals surface area contributed by atoms with Gasteiger partial charge in [0, 0.05) is 23.3 Å². The van der Waals surface area contributed by atoms with E-state index < -0.39 is 0 Å². The van der Waals surface area contributed by atoms with E-state index in [1.165, 1.54) is 0 Å². The van der Waals surface area contributed by atoms with Gasteiger partial charge in [0.05, 0.1) is 5.52 Å². The van der Waals surface area contributed by atoms with E-state index in [9.17, 15) is 5.11 Å². The van der Waals surface area contributed by atoms with Crippen molar-refractivity contribution in [3.8, 4) is 17.0 Å². The van der Waals surface area contributed by atoms with E-state index in [1.54, 1.807) is 24.5 Å². The van der Waals surface area contributed by atoms with Gasteiger partial charge in [-0.1, -0.05) is 24.3 Å². The molecule has 82 valence electrons. The van der Waals surface area contributed by atoms with Gasteiger partial charge >= 0.3 is 0 Å². The summed E-state index contributed by atoms with van der Waals surface area (Å²) < 4.78 is 0. The van der Waals surface area contributed by atoms with Crippen molar-refractivity contribution in [3.05, 3.63) is 54.9 Å². The molecule has 2 aromatic heterocycles. The van der Waals surface area contributed by atoms with Gasteiger partial charge in [-0.15, -0.1) is 0 Å². The minimum atomic E-state index is 0.172. The Labute approximate surface area is 98.4 Å². The highest BCUT2D eigenvalue weighted by Crippen LogP contribution is 2.30. The number of aromatic nitrogens is 2. The topological polar surface area (TPSA) is 46.0 Å². The third-order valence-electron chi connectivity index (χ3n) is 2.67. The van der Waals surface area contributed by atoms with Crippen LogP contribution in [-0.2, 0) is 0 Å². The van der Waals surface area contributed by atoms with Crippen molar-refractivity contribution in [2.24, 2.45) is 0 Å². The molecule has 0 aliphatic carbocycles. The number of benzene rings is 1. The first-order valence-corrected chi connectivity index (χ1v) is 5.34. The predicted molar refractivity (Wildman–Crippen MR) is 66.6 cm³/mol. The third kappa shape index (κ3) is 1.61. The second-order valence-electron chi connectivity index (χ2n) is 3.75. The summed E-state index contributed by atoms with van der Waals surface area (Å²) in [5.41, 5.74) is 2.27. The Kier molecular flexibility index (Phi) is 2.22. The number of fused-ring (bicyclic) bond motifs is 1. The summed E-state index contributed by atoms with van der Waals surface area (Å²) in [4.78, 5) is 8.56. The maximum atomic E-state index is 9.83. The lowest BCUT2D eigenvalue weighted by Gasteiger charge is -2.06. The molecule has 3 rings (SSSR count). The van der Waals surface area contributed by atoms with Crippen LogP contribution in [0.1, 0.15) is 0 Å². The molecule has 3 nitrogen and oxygen atoms in total. The summed E-state index contributed by atoms with van der Waals surface area (Å²) in [5, 5.41) is 10.9. The van der Waals surface area contributed by atoms with E-state index in [1.807, 2.05) is 30.3 Å². The van der Waals surface area contributed by atoms with Gasteiger partial charge < -0.3 is 5.11 Å². The summed E-state index contributed by atoms with van der Waals surface area (Å²) in [6.07, 6.45) is 3.41. The lowest BCUT2D eigenvalue weighted by molar-refractivity contribution is 0.475. The monoisotopic (exact) mass is 222 g/mol. The van der Waals surface area contributed by atoms with Crippen molar-refractivity contribution in [1.29, 1.82) is 0 Å². The molecule has 17 heavy (non-hydrogen) atoms. The first-order chi connectivity index (χ1) is 8.36. The maximum Gasteiger partial charge on any atom is 0.141 e. The van der Waals surface area contributed by atoms with E-state index in [4.69, 9.17) is 0 Å². The van der Waals surface area contributed by atoms with Gasteiger partial charge in [-0.3, -0.25) is 9.97 Å². The van der Waals surface area contributed by atoms with Crippen molar-refractivity contribution in [2.45, 2.75) is 0 Å². The molecule has 0 aliphatic rings. The smallest absolute Gasteiger partial charge is 0.141 e. The normalized spacial score (nSPS) is 10.6. The average Bonchev–Trinajstić information content (AvgIpc) is 2.39. The van der Waals surface area contributed by atoms with Gasteiger partial charge in [0.15, 0.2) is 0 Å². The Morgan fingerprint density at radius 2 is 1.59 bits per heavy atom. The van der Waals surface area contributed by atoms with Crippen LogP contribution in [0.2, 0.25) is 0 Å². The van der Waals surface area contributed by atoms with Crippen LogP contribution in [0, 0.1) is 0 Å². The SMILES string of the molecule is Oc1cccnc1-c1cccc2cccnc12. The summed E-state index contributed by atoms with van der Waals surface area (Å²) in [6, 6.07) is 13.1. The van der Waals surface area contributed by atoms with Gasteiger partial charge in [-0.25, -0.2) is 0 Å². The molecule has 2 heterocycles. The molecule has 3 heteroatoms. The molecular formula is C14H10N2O. The van der Waals surface area contributed by atoms with E-state index in [-0.39, 0.29) is 5.75 Å². The summed E-state index contributed by atoms with van der Waals surface area (Å²) in [7, 11) is 0. The van der Waals surface area contributed by atoms with E-state index >= 15 is 0 Å². The fraction of sp³-hybridized carbons (Fsp3) is 0. The van der Waals surface area contributed by atoms with E-state index in [0.29, 0.717) is 5.69 Å². The zero-order valence-electron chi connectivity index (χ0n) is 9.04. The number of hydrogen-bond donors (Lipinski definition) is 1. The number of hydrogen-bond acceptors (Lipinski definition) is 3. The Balaban J connectivity index is 2.35. The molecule has 0 saturated heterocycles. The van der Waals surface area contributed by atoms with Crippen molar-refractivity contribution < 1.29 is 5.11 Å². The van der Waals surface area contributed by atoms with Crippen LogP contribution in [-0.4, -0.2) is 15.1 Å². The molecule has 0 atom stereocenters. The molecule has 0 aliphatic heterocycles. The second kappa shape index (κ2) is 3.87. The zero-order chi connectivity index (χ0) is 11.7. The van der Waals surface area contributed by atoms with Crippen LogP contribution in [0.3, 0.4) is 0 Å². The average molecular weight is 222 g/mol. The van der Waals surface area contributed by atoms with Crippen molar-refractivity contribution >= 4 is 10.9 Å². The van der Waals surface area contributed by atoms with Gasteiger partial charge in [0.1, 0.15) is 11.4 Å². The Morgan fingerprint density at radius 1 is 0.824 bits per heavy atom. The molecule has 0 radical (unpaired) electrons. The summed E-state index contributed by atoms with van der Waals surface area (Å²) >= 11 is 0. The van der Waals surface area contributed by atoms with Gasteiger partial charge in [0.25, 0.3) is 0 Å². The minimum absolute atomic E-state index is 0.172. The Bertz CT molecular complexity index is 674. The van der Waals surface area contributed by atoms with E-state index in [0.717, 1.165) is 16.5 Å². The minimum Gasteiger partial charge on any atom is -0.506 e. The Hall–Kier alpha value is -2.42. The van der Waals surface area contributed by atoms with Gasteiger partial charge in [-0.05, 0) is 18.2 Å². The lowest BCUT2D eigenvalue weighted by Crippen LogP contribution is -1.87. The zero-order valence-corrected chi connectivity index (χ0v) is 9.04. The summed E-state index contributed by atoms with van der Waals surface area (Å²) in [6.45, 7) is 0. The maximum absolute atomic E-state index is 9.83. The molecule has 0 unspecified atom stereocenters. The molecule has 0 saturated carbocycles. The highest BCUT2D eigenvalue weighted by atomic mass is 16.3. The van der Waals surface area contributed by atoms with Crippen molar-refractivity contribution in [2.75, 3.05) is 0 Å². The highest BCUT2D eigenvalue weighted by molar-refractivity contribution is 5.93. The van der Waals surface area contributed by atoms with Crippen molar-refractivity contribution in [1.82, 2.24) is 9.97 Å². The van der Waals surface area contributed by atoms with Crippen LogP contribution < -0.4 is 0 Å². The van der Waals surface area contributed by atoms with Crippen LogP contribution in [0.15, 0.2) is 54.9 Å². The molecule has 3 aromatic rings. The molecule has 0 fully saturated rings. The second-order valence-corrected chi connectivity index (χ2v) is 3.75. The lowest BCUT2D eigenvalue weighted by atomic mass is 10.1.